The molecule has 0 atom stereocenters. The van der Waals surface area contributed by atoms with Crippen LogP contribution in [0.2, 0.25) is 5.02 Å². The van der Waals surface area contributed by atoms with E-state index in [4.69, 9.17) is 11.6 Å². The zero-order valence-corrected chi connectivity index (χ0v) is 15.2. The van der Waals surface area contributed by atoms with Gasteiger partial charge in [-0.25, -0.2) is 4.98 Å². The molecule has 0 aliphatic carbocycles. The molecule has 7 heteroatoms. The number of H-pyrrole nitrogens is 1. The van der Waals surface area contributed by atoms with E-state index >= 15 is 0 Å². The average molecular weight is 378 g/mol. The zero-order chi connectivity index (χ0) is 18.8. The Hall–Kier alpha value is -3.38. The standard InChI is InChI=1S/C20H16ClN5O/c1-13-11-19(27)24-20(22-13)26-18(23-16-9-7-15(21)8-10-16)12-17(25-26)14-5-3-2-4-6-14/h2-12,23H,1H3,(H,22,24,27). The minimum atomic E-state index is -0.230. The number of aromatic nitrogens is 4. The molecular weight excluding hydrogens is 362 g/mol. The molecule has 2 aromatic heterocycles. The number of rotatable bonds is 4. The first-order valence-electron chi connectivity index (χ1n) is 8.35. The Morgan fingerprint density at radius 3 is 2.48 bits per heavy atom. The van der Waals surface area contributed by atoms with Crippen LogP contribution < -0.4 is 10.9 Å². The van der Waals surface area contributed by atoms with Crippen molar-refractivity contribution in [2.75, 3.05) is 5.32 Å². The molecule has 0 aliphatic rings. The summed E-state index contributed by atoms with van der Waals surface area (Å²) in [4.78, 5) is 19.0. The normalized spacial score (nSPS) is 10.7. The largest absolute Gasteiger partial charge is 0.340 e. The van der Waals surface area contributed by atoms with Crippen LogP contribution in [0.5, 0.6) is 0 Å². The summed E-state index contributed by atoms with van der Waals surface area (Å²) >= 11 is 5.97. The van der Waals surface area contributed by atoms with Gasteiger partial charge >= 0.3 is 0 Å². The Balaban J connectivity index is 1.83. The van der Waals surface area contributed by atoms with Crippen molar-refractivity contribution in [2.24, 2.45) is 0 Å². The lowest BCUT2D eigenvalue weighted by atomic mass is 10.1. The molecule has 2 heterocycles. The number of hydrogen-bond donors (Lipinski definition) is 2. The quantitative estimate of drug-likeness (QED) is 0.555. The van der Waals surface area contributed by atoms with Gasteiger partial charge in [0.25, 0.3) is 5.56 Å². The molecule has 27 heavy (non-hydrogen) atoms. The molecule has 0 fully saturated rings. The average Bonchev–Trinajstić information content (AvgIpc) is 3.07. The molecule has 0 saturated carbocycles. The van der Waals surface area contributed by atoms with Crippen LogP contribution in [0, 0.1) is 6.92 Å². The van der Waals surface area contributed by atoms with Gasteiger partial charge in [-0.05, 0) is 31.2 Å². The third-order valence-electron chi connectivity index (χ3n) is 3.95. The third-order valence-corrected chi connectivity index (χ3v) is 4.21. The van der Waals surface area contributed by atoms with Gasteiger partial charge < -0.3 is 5.32 Å². The minimum absolute atomic E-state index is 0.230. The highest BCUT2D eigenvalue weighted by atomic mass is 35.5. The number of nitrogens with one attached hydrogen (secondary N) is 2. The Labute approximate surface area is 160 Å². The van der Waals surface area contributed by atoms with Gasteiger partial charge in [-0.1, -0.05) is 41.9 Å². The molecule has 0 aliphatic heterocycles. The van der Waals surface area contributed by atoms with Gasteiger partial charge in [0.05, 0.1) is 5.69 Å². The molecule has 4 rings (SSSR count). The van der Waals surface area contributed by atoms with Crippen LogP contribution in [0.25, 0.3) is 17.2 Å². The zero-order valence-electron chi connectivity index (χ0n) is 14.5. The van der Waals surface area contributed by atoms with Crippen LogP contribution in [0.4, 0.5) is 11.5 Å². The summed E-state index contributed by atoms with van der Waals surface area (Å²) in [7, 11) is 0. The predicted octanol–water partition coefficient (Wildman–Crippen LogP) is 4.33. The number of aromatic amines is 1. The van der Waals surface area contributed by atoms with Gasteiger partial charge in [0.2, 0.25) is 5.95 Å². The number of halogens is 1. The fraction of sp³-hybridized carbons (Fsp3) is 0.0500. The monoisotopic (exact) mass is 377 g/mol. The van der Waals surface area contributed by atoms with Crippen LogP contribution in [0.15, 0.2) is 71.5 Å². The second-order valence-electron chi connectivity index (χ2n) is 6.03. The molecule has 4 aromatic rings. The lowest BCUT2D eigenvalue weighted by molar-refractivity contribution is 0.803. The summed E-state index contributed by atoms with van der Waals surface area (Å²) in [5, 5.41) is 8.61. The smallest absolute Gasteiger partial charge is 0.252 e. The maximum Gasteiger partial charge on any atom is 0.252 e. The number of hydrogen-bond acceptors (Lipinski definition) is 4. The molecule has 0 radical (unpaired) electrons. The maximum atomic E-state index is 11.9. The Morgan fingerprint density at radius 1 is 1.04 bits per heavy atom. The molecule has 0 spiro atoms. The fourth-order valence-corrected chi connectivity index (χ4v) is 2.85. The first kappa shape index (κ1) is 17.1. The molecule has 0 unspecified atom stereocenters. The van der Waals surface area contributed by atoms with Crippen molar-refractivity contribution in [2.45, 2.75) is 6.92 Å². The molecule has 0 bridgehead atoms. The lowest BCUT2D eigenvalue weighted by Crippen LogP contribution is -2.15. The van der Waals surface area contributed by atoms with Crippen LogP contribution in [-0.4, -0.2) is 19.7 Å². The summed E-state index contributed by atoms with van der Waals surface area (Å²) in [6.07, 6.45) is 0. The second kappa shape index (κ2) is 7.09. The number of nitrogens with zero attached hydrogens (tertiary/aromatic N) is 3. The van der Waals surface area contributed by atoms with Gasteiger partial charge in [0.15, 0.2) is 0 Å². The fourth-order valence-electron chi connectivity index (χ4n) is 2.73. The number of aryl methyl sites for hydroxylation is 1. The summed E-state index contributed by atoms with van der Waals surface area (Å²) in [5.74, 6) is 1.02. The second-order valence-corrected chi connectivity index (χ2v) is 6.47. The predicted molar refractivity (Wildman–Crippen MR) is 107 cm³/mol. The minimum Gasteiger partial charge on any atom is -0.340 e. The molecule has 2 N–H and O–H groups in total. The van der Waals surface area contributed by atoms with E-state index in [0.29, 0.717) is 22.5 Å². The summed E-state index contributed by atoms with van der Waals surface area (Å²) in [5.41, 5.74) is 2.95. The van der Waals surface area contributed by atoms with Crippen molar-refractivity contribution >= 4 is 23.1 Å². The van der Waals surface area contributed by atoms with E-state index in [-0.39, 0.29) is 5.56 Å². The highest BCUT2D eigenvalue weighted by molar-refractivity contribution is 6.30. The first-order valence-corrected chi connectivity index (χ1v) is 8.73. The van der Waals surface area contributed by atoms with E-state index in [0.717, 1.165) is 16.9 Å². The topological polar surface area (TPSA) is 75.6 Å². The van der Waals surface area contributed by atoms with E-state index in [1.165, 1.54) is 6.07 Å². The van der Waals surface area contributed by atoms with Crippen molar-refractivity contribution < 1.29 is 0 Å². The number of benzene rings is 2. The van der Waals surface area contributed by atoms with Crippen LogP contribution in [0.3, 0.4) is 0 Å². The van der Waals surface area contributed by atoms with E-state index in [9.17, 15) is 4.79 Å². The van der Waals surface area contributed by atoms with Crippen molar-refractivity contribution in [3.63, 3.8) is 0 Å². The Morgan fingerprint density at radius 2 is 1.78 bits per heavy atom. The van der Waals surface area contributed by atoms with E-state index in [1.807, 2.05) is 48.5 Å². The molecule has 0 amide bonds. The van der Waals surface area contributed by atoms with Crippen LogP contribution in [-0.2, 0) is 0 Å². The summed E-state index contributed by atoms with van der Waals surface area (Å²) in [6, 6.07) is 20.5. The summed E-state index contributed by atoms with van der Waals surface area (Å²) < 4.78 is 1.59. The first-order chi connectivity index (χ1) is 13.1. The highest BCUT2D eigenvalue weighted by Gasteiger charge is 2.14. The van der Waals surface area contributed by atoms with Gasteiger partial charge in [-0.15, -0.1) is 0 Å². The third kappa shape index (κ3) is 3.75. The van der Waals surface area contributed by atoms with Crippen molar-refractivity contribution in [3.05, 3.63) is 87.8 Å². The van der Waals surface area contributed by atoms with E-state index < -0.39 is 0 Å². The SMILES string of the molecule is Cc1cc(=O)[nH]c(-n2nc(-c3ccccc3)cc2Nc2ccc(Cl)cc2)n1. The highest BCUT2D eigenvalue weighted by Crippen LogP contribution is 2.26. The molecule has 6 nitrogen and oxygen atoms in total. The van der Waals surface area contributed by atoms with Crippen LogP contribution in [0.1, 0.15) is 5.69 Å². The van der Waals surface area contributed by atoms with Crippen molar-refractivity contribution in [1.29, 1.82) is 0 Å². The summed E-state index contributed by atoms with van der Waals surface area (Å²) in [6.45, 7) is 1.77. The molecule has 134 valence electrons. The van der Waals surface area contributed by atoms with E-state index in [2.05, 4.69) is 20.4 Å². The van der Waals surface area contributed by atoms with E-state index in [1.54, 1.807) is 23.7 Å². The van der Waals surface area contributed by atoms with Gasteiger partial charge in [-0.3, -0.25) is 9.78 Å². The lowest BCUT2D eigenvalue weighted by Gasteiger charge is -2.09. The number of anilines is 2. The molecule has 0 saturated heterocycles. The van der Waals surface area contributed by atoms with Crippen molar-refractivity contribution in [1.82, 2.24) is 19.7 Å². The van der Waals surface area contributed by atoms with Gasteiger partial charge in [0.1, 0.15) is 5.82 Å². The van der Waals surface area contributed by atoms with Gasteiger partial charge in [-0.2, -0.15) is 9.78 Å². The van der Waals surface area contributed by atoms with Crippen molar-refractivity contribution in [3.8, 4) is 17.2 Å². The Bertz CT molecular complexity index is 1130. The molecule has 2 aromatic carbocycles. The maximum absolute atomic E-state index is 11.9. The molecular formula is C20H16ClN5O. The van der Waals surface area contributed by atoms with Gasteiger partial charge in [0, 0.05) is 34.1 Å². The van der Waals surface area contributed by atoms with Crippen LogP contribution >= 0.6 is 11.6 Å². The Kier molecular flexibility index (Phi) is 4.48.